The molecule has 156 valence electrons. The molecule has 3 aromatic rings. The van der Waals surface area contributed by atoms with E-state index in [4.69, 9.17) is 0 Å². The van der Waals surface area contributed by atoms with E-state index in [1.165, 1.54) is 29.5 Å². The van der Waals surface area contributed by atoms with Crippen molar-refractivity contribution in [3.05, 3.63) is 133 Å². The molecule has 0 saturated carbocycles. The van der Waals surface area contributed by atoms with E-state index in [-0.39, 0.29) is 0 Å². The van der Waals surface area contributed by atoms with Gasteiger partial charge in [0.1, 0.15) is 0 Å². The summed E-state index contributed by atoms with van der Waals surface area (Å²) in [5, 5.41) is 0. The lowest BCUT2D eigenvalue weighted by Crippen LogP contribution is -1.62. The second-order valence-corrected chi connectivity index (χ2v) is 6.25. The number of hydrogen-bond acceptors (Lipinski definition) is 0. The zero-order chi connectivity index (χ0) is 22.2. The van der Waals surface area contributed by atoms with Gasteiger partial charge in [-0.3, -0.25) is 0 Å². The smallest absolute Gasteiger partial charge is 0.0379 e. The van der Waals surface area contributed by atoms with Crippen LogP contribution < -0.4 is 0 Å². The molecule has 0 amide bonds. The second kappa shape index (κ2) is 23.2. The summed E-state index contributed by atoms with van der Waals surface area (Å²) in [5.74, 6) is 0. The van der Waals surface area contributed by atoms with Crippen molar-refractivity contribution in [3.8, 4) is 0 Å². The lowest BCUT2D eigenvalue weighted by Gasteiger charge is -1.82. The van der Waals surface area contributed by atoms with Gasteiger partial charge in [-0.05, 0) is 33.6 Å². The van der Waals surface area contributed by atoms with Crippen molar-refractivity contribution in [2.75, 3.05) is 0 Å². The predicted molar refractivity (Wildman–Crippen MR) is 135 cm³/mol. The highest BCUT2D eigenvalue weighted by molar-refractivity contribution is 5.13. The fourth-order valence-electron chi connectivity index (χ4n) is 1.94. The van der Waals surface area contributed by atoms with Gasteiger partial charge in [0.25, 0.3) is 0 Å². The number of benzene rings is 3. The Morgan fingerprint density at radius 3 is 0.793 bits per heavy atom. The maximum Gasteiger partial charge on any atom is -0.0379 e. The molecular formula is C29H40. The van der Waals surface area contributed by atoms with Gasteiger partial charge in [-0.1, -0.05) is 134 Å². The molecule has 0 atom stereocenters. The van der Waals surface area contributed by atoms with Crippen molar-refractivity contribution in [3.63, 3.8) is 0 Å². The van der Waals surface area contributed by atoms with Crippen LogP contribution in [0.4, 0.5) is 0 Å². The van der Waals surface area contributed by atoms with Crippen LogP contribution in [0.15, 0.2) is 116 Å². The topological polar surface area (TPSA) is 0 Å². The Balaban J connectivity index is 0. The molecule has 3 rings (SSSR count). The third-order valence-electron chi connectivity index (χ3n) is 3.46. The average molecular weight is 389 g/mol. The molecular weight excluding hydrogens is 348 g/mol. The molecule has 0 heterocycles. The van der Waals surface area contributed by atoms with Crippen molar-refractivity contribution in [2.24, 2.45) is 0 Å². The van der Waals surface area contributed by atoms with Gasteiger partial charge < -0.3 is 0 Å². The van der Waals surface area contributed by atoms with Gasteiger partial charge in [0.15, 0.2) is 0 Å². The van der Waals surface area contributed by atoms with E-state index >= 15 is 0 Å². The summed E-state index contributed by atoms with van der Waals surface area (Å²) in [6.45, 7) is 16.5. The van der Waals surface area contributed by atoms with Crippen LogP contribution in [0.3, 0.4) is 0 Å². The van der Waals surface area contributed by atoms with Crippen LogP contribution >= 0.6 is 0 Å². The summed E-state index contributed by atoms with van der Waals surface area (Å²) >= 11 is 0. The fraction of sp³-hybridized carbons (Fsp3) is 0.241. The molecule has 0 aliphatic rings. The van der Waals surface area contributed by atoms with Crippen LogP contribution in [0.2, 0.25) is 0 Å². The molecule has 0 aliphatic carbocycles. The van der Waals surface area contributed by atoms with Crippen LogP contribution in [0.25, 0.3) is 0 Å². The van der Waals surface area contributed by atoms with Gasteiger partial charge in [-0.15, -0.1) is 13.2 Å². The molecule has 0 nitrogen and oxygen atoms in total. The molecule has 0 unspecified atom stereocenters. The minimum absolute atomic E-state index is 1.17. The summed E-state index contributed by atoms with van der Waals surface area (Å²) in [6, 6.07) is 30.8. The van der Waals surface area contributed by atoms with Crippen molar-refractivity contribution in [1.29, 1.82) is 0 Å². The number of rotatable bonds is 2. The van der Waals surface area contributed by atoms with E-state index in [1.54, 1.807) is 0 Å². The van der Waals surface area contributed by atoms with Crippen LogP contribution in [0.1, 0.15) is 43.4 Å². The Morgan fingerprint density at radius 2 is 0.690 bits per heavy atom. The standard InChI is InChI=1S/3C7H8.C6H12.C2H4/c3*1-7-5-3-2-4-6-7;1-3-5-6-4-2;1-2/h3*2-6H,1H3;5-6H,3-4H2,1-2H3;1-2H2/b;;;6-5+;. The third kappa shape index (κ3) is 23.1. The Labute approximate surface area is 180 Å². The van der Waals surface area contributed by atoms with Gasteiger partial charge >= 0.3 is 0 Å². The van der Waals surface area contributed by atoms with E-state index < -0.39 is 0 Å². The largest absolute Gasteiger partial charge is 0.106 e. The molecule has 0 saturated heterocycles. The summed E-state index contributed by atoms with van der Waals surface area (Å²) in [7, 11) is 0. The first-order valence-corrected chi connectivity index (χ1v) is 10.3. The molecule has 3 aromatic carbocycles. The Bertz CT molecular complexity index is 587. The summed E-state index contributed by atoms with van der Waals surface area (Å²) in [4.78, 5) is 0. The molecule has 0 heteroatoms. The zero-order valence-electron chi connectivity index (χ0n) is 19.1. The van der Waals surface area contributed by atoms with Crippen LogP contribution in [0.5, 0.6) is 0 Å². The second-order valence-electron chi connectivity index (χ2n) is 6.25. The highest BCUT2D eigenvalue weighted by Crippen LogP contribution is 1.93. The van der Waals surface area contributed by atoms with E-state index in [0.29, 0.717) is 0 Å². The summed E-state index contributed by atoms with van der Waals surface area (Å²) in [5.41, 5.74) is 3.97. The Hall–Kier alpha value is -2.86. The molecule has 0 aromatic heterocycles. The van der Waals surface area contributed by atoms with Gasteiger partial charge in [-0.2, -0.15) is 0 Å². The molecule has 0 radical (unpaired) electrons. The summed E-state index contributed by atoms with van der Waals surface area (Å²) < 4.78 is 0. The maximum atomic E-state index is 3.00. The fourth-order valence-corrected chi connectivity index (χ4v) is 1.94. The quantitative estimate of drug-likeness (QED) is 0.384. The number of aryl methyl sites for hydroxylation is 3. The lowest BCUT2D eigenvalue weighted by atomic mass is 10.2. The van der Waals surface area contributed by atoms with Crippen molar-refractivity contribution < 1.29 is 0 Å². The Morgan fingerprint density at radius 1 is 0.483 bits per heavy atom. The third-order valence-corrected chi connectivity index (χ3v) is 3.46. The van der Waals surface area contributed by atoms with Gasteiger partial charge in [0.05, 0.1) is 0 Å². The molecule has 0 aliphatic heterocycles. The molecule has 29 heavy (non-hydrogen) atoms. The van der Waals surface area contributed by atoms with Crippen molar-refractivity contribution >= 4 is 0 Å². The maximum absolute atomic E-state index is 3.00. The highest BCUT2D eigenvalue weighted by atomic mass is 13.8. The Kier molecular flexibility index (Phi) is 22.7. The zero-order valence-corrected chi connectivity index (χ0v) is 19.1. The molecule has 0 bridgehead atoms. The monoisotopic (exact) mass is 388 g/mol. The van der Waals surface area contributed by atoms with Gasteiger partial charge in [0.2, 0.25) is 0 Å². The minimum Gasteiger partial charge on any atom is -0.106 e. The van der Waals surface area contributed by atoms with E-state index in [2.05, 4.69) is 96.3 Å². The normalized spacial score (nSPS) is 8.59. The van der Waals surface area contributed by atoms with Crippen molar-refractivity contribution in [2.45, 2.75) is 47.5 Å². The first kappa shape index (κ1) is 28.4. The van der Waals surface area contributed by atoms with Gasteiger partial charge in [-0.25, -0.2) is 0 Å². The summed E-state index contributed by atoms with van der Waals surface area (Å²) in [6.07, 6.45) is 6.71. The van der Waals surface area contributed by atoms with E-state index in [9.17, 15) is 0 Å². The van der Waals surface area contributed by atoms with Gasteiger partial charge in [0, 0.05) is 0 Å². The lowest BCUT2D eigenvalue weighted by molar-refractivity contribution is 1.16. The molecule has 0 fully saturated rings. The first-order valence-electron chi connectivity index (χ1n) is 10.3. The predicted octanol–water partition coefficient (Wildman–Crippen LogP) is 9.15. The van der Waals surface area contributed by atoms with E-state index in [0.717, 1.165) is 0 Å². The number of hydrogen-bond donors (Lipinski definition) is 0. The van der Waals surface area contributed by atoms with Crippen LogP contribution in [0, 0.1) is 20.8 Å². The van der Waals surface area contributed by atoms with Crippen molar-refractivity contribution in [1.82, 2.24) is 0 Å². The van der Waals surface area contributed by atoms with Crippen LogP contribution in [-0.2, 0) is 0 Å². The number of allylic oxidation sites excluding steroid dienone is 2. The van der Waals surface area contributed by atoms with E-state index in [1.807, 2.05) is 54.6 Å². The molecule has 0 spiro atoms. The minimum atomic E-state index is 1.17. The first-order chi connectivity index (χ1) is 14.1. The molecule has 0 N–H and O–H groups in total. The SMILES string of the molecule is C=C.CC/C=C/CC.Cc1ccccc1.Cc1ccccc1.Cc1ccccc1. The highest BCUT2D eigenvalue weighted by Gasteiger charge is 1.73. The average Bonchev–Trinajstić information content (AvgIpc) is 2.77. The van der Waals surface area contributed by atoms with Crippen LogP contribution in [-0.4, -0.2) is 0 Å².